The molecule has 0 saturated heterocycles. The van der Waals surface area contributed by atoms with Crippen LogP contribution in [0, 0.1) is 5.92 Å². The van der Waals surface area contributed by atoms with Gasteiger partial charge in [-0.3, -0.25) is 0 Å². The molecule has 0 bridgehead atoms. The predicted molar refractivity (Wildman–Crippen MR) is 66.1 cm³/mol. The van der Waals surface area contributed by atoms with Crippen molar-refractivity contribution in [3.63, 3.8) is 0 Å². The van der Waals surface area contributed by atoms with Crippen LogP contribution in [0.3, 0.4) is 0 Å². The van der Waals surface area contributed by atoms with Gasteiger partial charge in [0.2, 0.25) is 10.3 Å². The van der Waals surface area contributed by atoms with Crippen LogP contribution in [0.5, 0.6) is 0 Å². The minimum atomic E-state index is 0.527. The molecule has 1 unspecified atom stereocenters. The third-order valence-corrected chi connectivity index (χ3v) is 3.24. The summed E-state index contributed by atoms with van der Waals surface area (Å²) in [5.41, 5.74) is 5.50. The number of rotatable bonds is 7. The van der Waals surface area contributed by atoms with Crippen molar-refractivity contribution in [2.45, 2.75) is 39.5 Å². The molecule has 0 aliphatic heterocycles. The number of aromatic nitrogens is 2. The minimum Gasteiger partial charge on any atom is -0.374 e. The number of nitrogen functional groups attached to an aromatic ring is 1. The maximum absolute atomic E-state index is 5.50. The van der Waals surface area contributed by atoms with Gasteiger partial charge in [0.15, 0.2) is 0 Å². The van der Waals surface area contributed by atoms with Crippen molar-refractivity contribution in [3.8, 4) is 0 Å². The van der Waals surface area contributed by atoms with Crippen LogP contribution in [0.25, 0.3) is 0 Å². The summed E-state index contributed by atoms with van der Waals surface area (Å²) >= 11 is 1.41. The molecule has 5 heteroatoms. The van der Waals surface area contributed by atoms with E-state index in [1.807, 2.05) is 0 Å². The molecule has 0 aliphatic rings. The van der Waals surface area contributed by atoms with Gasteiger partial charge in [0.05, 0.1) is 0 Å². The monoisotopic (exact) mass is 228 g/mol. The minimum absolute atomic E-state index is 0.527. The number of nitrogens with two attached hydrogens (primary N) is 1. The number of hydrogen-bond acceptors (Lipinski definition) is 5. The molecule has 15 heavy (non-hydrogen) atoms. The smallest absolute Gasteiger partial charge is 0.207 e. The van der Waals surface area contributed by atoms with Gasteiger partial charge < -0.3 is 11.1 Å². The van der Waals surface area contributed by atoms with Gasteiger partial charge in [0, 0.05) is 6.54 Å². The van der Waals surface area contributed by atoms with Crippen LogP contribution in [-0.4, -0.2) is 16.7 Å². The average molecular weight is 228 g/mol. The first-order chi connectivity index (χ1) is 7.26. The van der Waals surface area contributed by atoms with Gasteiger partial charge in [0.1, 0.15) is 0 Å². The fraction of sp³-hybridized carbons (Fsp3) is 0.800. The number of nitrogens with zero attached hydrogens (tertiary/aromatic N) is 2. The van der Waals surface area contributed by atoms with E-state index in [9.17, 15) is 0 Å². The second-order valence-corrected chi connectivity index (χ2v) is 4.75. The summed E-state index contributed by atoms with van der Waals surface area (Å²) in [7, 11) is 0. The van der Waals surface area contributed by atoms with E-state index in [2.05, 4.69) is 29.4 Å². The Hall–Kier alpha value is -0.840. The summed E-state index contributed by atoms with van der Waals surface area (Å²) < 4.78 is 0. The predicted octanol–water partition coefficient (Wildman–Crippen LogP) is 2.75. The SMILES string of the molecule is CCCCC(CC)CNc1nnc(N)s1. The van der Waals surface area contributed by atoms with Crippen LogP contribution in [0.1, 0.15) is 39.5 Å². The second kappa shape index (κ2) is 6.61. The van der Waals surface area contributed by atoms with Crippen molar-refractivity contribution in [2.75, 3.05) is 17.6 Å². The number of hydrogen-bond donors (Lipinski definition) is 2. The van der Waals surface area contributed by atoms with Crippen molar-refractivity contribution in [1.29, 1.82) is 0 Å². The Labute approximate surface area is 95.3 Å². The Balaban J connectivity index is 2.27. The standard InChI is InChI=1S/C10H20N4S/c1-3-5-6-8(4-2)7-12-10-14-13-9(11)15-10/h8H,3-7H2,1-2H3,(H2,11,13)(H,12,14). The highest BCUT2D eigenvalue weighted by molar-refractivity contribution is 7.18. The molecule has 4 nitrogen and oxygen atoms in total. The molecule has 3 N–H and O–H groups in total. The highest BCUT2D eigenvalue weighted by Crippen LogP contribution is 2.18. The van der Waals surface area contributed by atoms with Crippen molar-refractivity contribution in [3.05, 3.63) is 0 Å². The fourth-order valence-corrected chi connectivity index (χ4v) is 2.00. The Morgan fingerprint density at radius 3 is 2.73 bits per heavy atom. The summed E-state index contributed by atoms with van der Waals surface area (Å²) in [5, 5.41) is 12.4. The molecule has 1 heterocycles. The van der Waals surface area contributed by atoms with Gasteiger partial charge in [-0.25, -0.2) is 0 Å². The van der Waals surface area contributed by atoms with E-state index in [-0.39, 0.29) is 0 Å². The third kappa shape index (κ3) is 4.46. The molecule has 1 rings (SSSR count). The van der Waals surface area contributed by atoms with Crippen molar-refractivity contribution < 1.29 is 0 Å². The highest BCUT2D eigenvalue weighted by atomic mass is 32.1. The van der Waals surface area contributed by atoms with Gasteiger partial charge >= 0.3 is 0 Å². The zero-order valence-electron chi connectivity index (χ0n) is 9.49. The van der Waals surface area contributed by atoms with E-state index >= 15 is 0 Å². The first-order valence-electron chi connectivity index (χ1n) is 5.59. The lowest BCUT2D eigenvalue weighted by Gasteiger charge is -2.14. The molecular formula is C10H20N4S. The van der Waals surface area contributed by atoms with Gasteiger partial charge in [-0.05, 0) is 12.3 Å². The Morgan fingerprint density at radius 2 is 2.20 bits per heavy atom. The third-order valence-electron chi connectivity index (χ3n) is 2.53. The van der Waals surface area contributed by atoms with Gasteiger partial charge in [-0.1, -0.05) is 44.4 Å². The van der Waals surface area contributed by atoms with Gasteiger partial charge in [0.25, 0.3) is 0 Å². The van der Waals surface area contributed by atoms with Crippen LogP contribution in [0.15, 0.2) is 0 Å². The lowest BCUT2D eigenvalue weighted by atomic mass is 10.00. The molecule has 0 saturated carbocycles. The quantitative estimate of drug-likeness (QED) is 0.753. The van der Waals surface area contributed by atoms with Crippen LogP contribution >= 0.6 is 11.3 Å². The zero-order chi connectivity index (χ0) is 11.1. The number of unbranched alkanes of at least 4 members (excludes halogenated alkanes) is 1. The first kappa shape index (κ1) is 12.2. The van der Waals surface area contributed by atoms with E-state index in [4.69, 9.17) is 5.73 Å². The molecule has 0 spiro atoms. The van der Waals surface area contributed by atoms with E-state index in [1.165, 1.54) is 37.0 Å². The summed E-state index contributed by atoms with van der Waals surface area (Å²) in [6.07, 6.45) is 5.07. The van der Waals surface area contributed by atoms with Gasteiger partial charge in [-0.15, -0.1) is 10.2 Å². The van der Waals surface area contributed by atoms with Crippen LogP contribution in [-0.2, 0) is 0 Å². The molecule has 0 amide bonds. The van der Waals surface area contributed by atoms with Gasteiger partial charge in [-0.2, -0.15) is 0 Å². The topological polar surface area (TPSA) is 63.8 Å². The molecule has 0 fully saturated rings. The Kier molecular flexibility index (Phi) is 5.39. The molecule has 1 atom stereocenters. The maximum atomic E-state index is 5.50. The second-order valence-electron chi connectivity index (χ2n) is 3.74. The van der Waals surface area contributed by atoms with Crippen molar-refractivity contribution in [1.82, 2.24) is 10.2 Å². The summed E-state index contributed by atoms with van der Waals surface area (Å²) in [6, 6.07) is 0. The van der Waals surface area contributed by atoms with E-state index in [0.717, 1.165) is 17.6 Å². The van der Waals surface area contributed by atoms with E-state index < -0.39 is 0 Å². The maximum Gasteiger partial charge on any atom is 0.207 e. The fourth-order valence-electron chi connectivity index (χ4n) is 1.48. The van der Waals surface area contributed by atoms with Crippen molar-refractivity contribution >= 4 is 21.6 Å². The lowest BCUT2D eigenvalue weighted by Crippen LogP contribution is -2.13. The molecule has 0 radical (unpaired) electrons. The molecule has 0 aromatic carbocycles. The van der Waals surface area contributed by atoms with Crippen LogP contribution in [0.4, 0.5) is 10.3 Å². The average Bonchev–Trinajstić information content (AvgIpc) is 2.65. The highest BCUT2D eigenvalue weighted by Gasteiger charge is 2.07. The molecule has 1 aromatic rings. The van der Waals surface area contributed by atoms with Crippen molar-refractivity contribution in [2.24, 2.45) is 5.92 Å². The summed E-state index contributed by atoms with van der Waals surface area (Å²) in [6.45, 7) is 5.44. The van der Waals surface area contributed by atoms with Crippen LogP contribution in [0.2, 0.25) is 0 Å². The summed E-state index contributed by atoms with van der Waals surface area (Å²) in [5.74, 6) is 0.732. The summed E-state index contributed by atoms with van der Waals surface area (Å²) in [4.78, 5) is 0. The van der Waals surface area contributed by atoms with E-state index in [0.29, 0.717) is 5.13 Å². The Morgan fingerprint density at radius 1 is 1.40 bits per heavy atom. The van der Waals surface area contributed by atoms with E-state index in [1.54, 1.807) is 0 Å². The lowest BCUT2D eigenvalue weighted by molar-refractivity contribution is 0.472. The number of anilines is 2. The molecular weight excluding hydrogens is 208 g/mol. The molecule has 86 valence electrons. The first-order valence-corrected chi connectivity index (χ1v) is 6.40. The number of nitrogens with one attached hydrogen (secondary N) is 1. The largest absolute Gasteiger partial charge is 0.374 e. The molecule has 1 aromatic heterocycles. The molecule has 0 aliphatic carbocycles. The Bertz CT molecular complexity index is 274. The normalized spacial score (nSPS) is 12.7. The zero-order valence-corrected chi connectivity index (χ0v) is 10.3. The van der Waals surface area contributed by atoms with Crippen LogP contribution < -0.4 is 11.1 Å².